The molecule has 1 N–H and O–H groups in total. The van der Waals surface area contributed by atoms with Crippen molar-refractivity contribution >= 4 is 27.0 Å². The van der Waals surface area contributed by atoms with E-state index in [4.69, 9.17) is 0 Å². The molecule has 0 spiro atoms. The quantitative estimate of drug-likeness (QED) is 0.846. The molecule has 8 heteroatoms. The molecule has 0 radical (unpaired) electrons. The van der Waals surface area contributed by atoms with E-state index in [9.17, 15) is 12.8 Å². The molecule has 0 atom stereocenters. The van der Waals surface area contributed by atoms with Crippen LogP contribution >= 0.6 is 11.3 Å². The smallest absolute Gasteiger partial charge is 0.250 e. The van der Waals surface area contributed by atoms with E-state index < -0.39 is 10.0 Å². The second-order valence-corrected chi connectivity index (χ2v) is 8.58. The molecule has 0 amide bonds. The van der Waals surface area contributed by atoms with Gasteiger partial charge in [0.1, 0.15) is 10.0 Å². The SMILES string of the molecule is O=S(=O)(NCCN1CCN(c2ccc(F)cc2)CC1)c1cccs1. The van der Waals surface area contributed by atoms with Gasteiger partial charge in [-0.25, -0.2) is 17.5 Å². The third kappa shape index (κ3) is 4.32. The molecule has 1 saturated heterocycles. The van der Waals surface area contributed by atoms with Crippen LogP contribution in [0, 0.1) is 5.82 Å². The molecule has 1 aromatic carbocycles. The summed E-state index contributed by atoms with van der Waals surface area (Å²) in [5, 5.41) is 1.75. The predicted octanol–water partition coefficient (Wildman–Crippen LogP) is 1.99. The van der Waals surface area contributed by atoms with Gasteiger partial charge in [0, 0.05) is 45.0 Å². The van der Waals surface area contributed by atoms with Gasteiger partial charge in [0.2, 0.25) is 10.0 Å². The maximum absolute atomic E-state index is 13.0. The van der Waals surface area contributed by atoms with Gasteiger partial charge >= 0.3 is 0 Å². The first kappa shape index (κ1) is 17.3. The summed E-state index contributed by atoms with van der Waals surface area (Å²) in [5.41, 5.74) is 1.02. The lowest BCUT2D eigenvalue weighted by Crippen LogP contribution is -2.48. The number of hydrogen-bond acceptors (Lipinski definition) is 5. The minimum atomic E-state index is -3.38. The summed E-state index contributed by atoms with van der Waals surface area (Å²) in [7, 11) is -3.38. The summed E-state index contributed by atoms with van der Waals surface area (Å²) >= 11 is 1.22. The molecule has 5 nitrogen and oxygen atoms in total. The van der Waals surface area contributed by atoms with Gasteiger partial charge in [-0.3, -0.25) is 4.90 Å². The molecule has 1 aliphatic rings. The predicted molar refractivity (Wildman–Crippen MR) is 94.6 cm³/mol. The Hall–Kier alpha value is -1.48. The molecule has 0 unspecified atom stereocenters. The lowest BCUT2D eigenvalue weighted by atomic mass is 10.2. The van der Waals surface area contributed by atoms with E-state index in [1.807, 2.05) is 0 Å². The Morgan fingerprint density at radius 3 is 2.42 bits per heavy atom. The topological polar surface area (TPSA) is 52.7 Å². The summed E-state index contributed by atoms with van der Waals surface area (Å²) in [4.78, 5) is 4.45. The van der Waals surface area contributed by atoms with E-state index in [-0.39, 0.29) is 5.82 Å². The van der Waals surface area contributed by atoms with Crippen LogP contribution in [0.25, 0.3) is 0 Å². The Morgan fingerprint density at radius 1 is 1.08 bits per heavy atom. The molecule has 3 rings (SSSR count). The van der Waals surface area contributed by atoms with Gasteiger partial charge in [0.25, 0.3) is 0 Å². The number of anilines is 1. The first-order valence-electron chi connectivity index (χ1n) is 7.81. The van der Waals surface area contributed by atoms with Crippen molar-refractivity contribution in [1.82, 2.24) is 9.62 Å². The van der Waals surface area contributed by atoms with Crippen molar-refractivity contribution in [3.63, 3.8) is 0 Å². The fourth-order valence-corrected chi connectivity index (χ4v) is 4.77. The third-order valence-electron chi connectivity index (χ3n) is 4.04. The Kier molecular flexibility index (Phi) is 5.50. The van der Waals surface area contributed by atoms with Gasteiger partial charge in [0.05, 0.1) is 0 Å². The number of halogens is 1. The van der Waals surface area contributed by atoms with Crippen LogP contribution in [-0.2, 0) is 10.0 Å². The number of thiophene rings is 1. The van der Waals surface area contributed by atoms with E-state index in [0.29, 0.717) is 17.3 Å². The number of nitrogens with zero attached hydrogens (tertiary/aromatic N) is 2. The van der Waals surface area contributed by atoms with Gasteiger partial charge < -0.3 is 4.90 Å². The van der Waals surface area contributed by atoms with E-state index in [1.54, 1.807) is 29.6 Å². The Balaban J connectivity index is 1.43. The van der Waals surface area contributed by atoms with Gasteiger partial charge in [-0.05, 0) is 35.7 Å². The van der Waals surface area contributed by atoms with Crippen LogP contribution in [0.1, 0.15) is 0 Å². The summed E-state index contributed by atoms with van der Waals surface area (Å²) in [6.45, 7) is 4.50. The average molecular weight is 369 g/mol. The highest BCUT2D eigenvalue weighted by atomic mass is 32.2. The number of benzene rings is 1. The molecule has 2 aromatic rings. The summed E-state index contributed by atoms with van der Waals surface area (Å²) in [5.74, 6) is -0.226. The van der Waals surface area contributed by atoms with Crippen LogP contribution in [0.15, 0.2) is 46.0 Å². The number of piperazine rings is 1. The van der Waals surface area contributed by atoms with Crippen LogP contribution in [0.2, 0.25) is 0 Å². The molecule has 1 aliphatic heterocycles. The minimum Gasteiger partial charge on any atom is -0.369 e. The first-order chi connectivity index (χ1) is 11.5. The maximum Gasteiger partial charge on any atom is 0.250 e. The van der Waals surface area contributed by atoms with Crippen molar-refractivity contribution in [1.29, 1.82) is 0 Å². The summed E-state index contributed by atoms with van der Waals surface area (Å²) in [6, 6.07) is 9.87. The number of nitrogens with one attached hydrogen (secondary N) is 1. The van der Waals surface area contributed by atoms with E-state index in [2.05, 4.69) is 14.5 Å². The molecule has 0 saturated carbocycles. The summed E-state index contributed by atoms with van der Waals surface area (Å²) in [6.07, 6.45) is 0. The van der Waals surface area contributed by atoms with Gasteiger partial charge in [-0.15, -0.1) is 11.3 Å². The zero-order valence-corrected chi connectivity index (χ0v) is 14.8. The van der Waals surface area contributed by atoms with Crippen LogP contribution in [-0.4, -0.2) is 52.6 Å². The van der Waals surface area contributed by atoms with Crippen molar-refractivity contribution in [3.05, 3.63) is 47.6 Å². The van der Waals surface area contributed by atoms with Crippen LogP contribution in [0.3, 0.4) is 0 Å². The molecule has 1 aromatic heterocycles. The third-order valence-corrected chi connectivity index (χ3v) is 6.90. The molecule has 24 heavy (non-hydrogen) atoms. The highest BCUT2D eigenvalue weighted by molar-refractivity contribution is 7.91. The number of hydrogen-bond donors (Lipinski definition) is 1. The standard InChI is InChI=1S/C16H20FN3O2S2/c17-14-3-5-15(6-4-14)20-11-9-19(10-12-20)8-7-18-24(21,22)16-2-1-13-23-16/h1-6,13,18H,7-12H2. The van der Waals surface area contributed by atoms with Gasteiger partial charge in [-0.1, -0.05) is 6.07 Å². The van der Waals surface area contributed by atoms with Crippen LogP contribution in [0.4, 0.5) is 10.1 Å². The number of sulfonamides is 1. The van der Waals surface area contributed by atoms with Crippen molar-refractivity contribution < 1.29 is 12.8 Å². The molecule has 1 fully saturated rings. The second-order valence-electron chi connectivity index (χ2n) is 5.63. The van der Waals surface area contributed by atoms with Gasteiger partial charge in [0.15, 0.2) is 0 Å². The highest BCUT2D eigenvalue weighted by Gasteiger charge is 2.19. The molecular formula is C16H20FN3O2S2. The van der Waals surface area contributed by atoms with Crippen molar-refractivity contribution in [2.75, 3.05) is 44.2 Å². The zero-order chi connectivity index (χ0) is 17.0. The highest BCUT2D eigenvalue weighted by Crippen LogP contribution is 2.17. The Labute approximate surface area is 145 Å². The van der Waals surface area contributed by atoms with E-state index >= 15 is 0 Å². The Morgan fingerprint density at radius 2 is 1.79 bits per heavy atom. The minimum absolute atomic E-state index is 0.226. The number of rotatable bonds is 6. The van der Waals surface area contributed by atoms with Crippen molar-refractivity contribution in [2.45, 2.75) is 4.21 Å². The fraction of sp³-hybridized carbons (Fsp3) is 0.375. The Bertz CT molecular complexity index is 740. The maximum atomic E-state index is 13.0. The fourth-order valence-electron chi connectivity index (χ4n) is 2.71. The molecule has 2 heterocycles. The van der Waals surface area contributed by atoms with Crippen molar-refractivity contribution in [3.8, 4) is 0 Å². The van der Waals surface area contributed by atoms with E-state index in [1.165, 1.54) is 23.5 Å². The molecule has 0 bridgehead atoms. The lowest BCUT2D eigenvalue weighted by Gasteiger charge is -2.36. The second kappa shape index (κ2) is 7.60. The lowest BCUT2D eigenvalue weighted by molar-refractivity contribution is 0.262. The van der Waals surface area contributed by atoms with Gasteiger partial charge in [-0.2, -0.15) is 0 Å². The normalized spacial score (nSPS) is 16.5. The molecule has 130 valence electrons. The largest absolute Gasteiger partial charge is 0.369 e. The van der Waals surface area contributed by atoms with Crippen LogP contribution < -0.4 is 9.62 Å². The van der Waals surface area contributed by atoms with Crippen LogP contribution in [0.5, 0.6) is 0 Å². The average Bonchev–Trinajstić information content (AvgIpc) is 3.12. The zero-order valence-electron chi connectivity index (χ0n) is 13.2. The molecule has 0 aliphatic carbocycles. The monoisotopic (exact) mass is 369 g/mol. The summed E-state index contributed by atoms with van der Waals surface area (Å²) < 4.78 is 40.0. The molecular weight excluding hydrogens is 349 g/mol. The van der Waals surface area contributed by atoms with Crippen molar-refractivity contribution in [2.24, 2.45) is 0 Å². The first-order valence-corrected chi connectivity index (χ1v) is 10.2. The van der Waals surface area contributed by atoms with E-state index in [0.717, 1.165) is 31.9 Å².